The molecule has 6 N–H and O–H groups in total. The number of amides is 4. The molecular formula is C16H19N7O9S2. The number of carboxylic acid groups (broad SMARTS) is 1. The maximum atomic E-state index is 13.0. The fourth-order valence-electron chi connectivity index (χ4n) is 3.45. The number of oxime groups is 1. The quantitative estimate of drug-likeness (QED) is 0.100. The summed E-state index contributed by atoms with van der Waals surface area (Å²) in [6.45, 7) is 0.226. The SMILES string of the molecule is Nc1nc(/C(=N/OC2(C(=O)O)CC2)C(=O)NC2C(=O)N(S(=O)(=O)O)C2CN2CCNC2=O)cs1. The Labute approximate surface area is 195 Å². The number of nitrogen functional groups attached to an aromatic ring is 1. The van der Waals surface area contributed by atoms with E-state index in [-0.39, 0.29) is 41.1 Å². The maximum absolute atomic E-state index is 13.0. The lowest BCUT2D eigenvalue weighted by Crippen LogP contribution is -2.74. The van der Waals surface area contributed by atoms with E-state index < -0.39 is 57.5 Å². The van der Waals surface area contributed by atoms with Crippen LogP contribution in [0, 0.1) is 0 Å². The third kappa shape index (κ3) is 4.33. The van der Waals surface area contributed by atoms with E-state index in [0.29, 0.717) is 6.54 Å². The first-order chi connectivity index (χ1) is 15.9. The molecule has 184 valence electrons. The lowest BCUT2D eigenvalue weighted by molar-refractivity contribution is -0.153. The number of hydrogen-bond donors (Lipinski definition) is 5. The molecule has 2 aliphatic heterocycles. The Kier molecular flexibility index (Phi) is 5.82. The Morgan fingerprint density at radius 2 is 2.12 bits per heavy atom. The van der Waals surface area contributed by atoms with E-state index in [4.69, 9.17) is 10.6 Å². The monoisotopic (exact) mass is 517 g/mol. The number of nitrogens with two attached hydrogens (primary N) is 1. The minimum absolute atomic E-state index is 0.0601. The molecule has 4 amide bonds. The number of aromatic nitrogens is 1. The van der Waals surface area contributed by atoms with Gasteiger partial charge in [-0.25, -0.2) is 18.9 Å². The van der Waals surface area contributed by atoms with Crippen molar-refractivity contribution in [1.82, 2.24) is 24.8 Å². The minimum atomic E-state index is -4.97. The number of hydrogen-bond acceptors (Lipinski definition) is 11. The fourth-order valence-corrected chi connectivity index (χ4v) is 4.87. The second-order valence-corrected chi connectivity index (χ2v) is 9.89. The number of thiazole rings is 1. The van der Waals surface area contributed by atoms with Crippen molar-refractivity contribution in [2.75, 3.05) is 25.4 Å². The van der Waals surface area contributed by atoms with Crippen LogP contribution in [0.5, 0.6) is 0 Å². The van der Waals surface area contributed by atoms with Gasteiger partial charge >= 0.3 is 22.3 Å². The van der Waals surface area contributed by atoms with Crippen LogP contribution in [-0.2, 0) is 29.5 Å². The summed E-state index contributed by atoms with van der Waals surface area (Å²) in [6.07, 6.45) is 0.342. The molecule has 3 fully saturated rings. The molecule has 2 atom stereocenters. The molecule has 0 bridgehead atoms. The van der Waals surface area contributed by atoms with Gasteiger partial charge in [-0.3, -0.25) is 14.1 Å². The number of carboxylic acids is 1. The molecule has 1 aliphatic carbocycles. The number of nitrogens with one attached hydrogen (secondary N) is 2. The Hall–Kier alpha value is -3.51. The van der Waals surface area contributed by atoms with Gasteiger partial charge in [-0.05, 0) is 0 Å². The van der Waals surface area contributed by atoms with Crippen molar-refractivity contribution in [1.29, 1.82) is 0 Å². The molecular weight excluding hydrogens is 498 g/mol. The molecule has 0 radical (unpaired) electrons. The summed E-state index contributed by atoms with van der Waals surface area (Å²) in [4.78, 5) is 58.9. The van der Waals surface area contributed by atoms with E-state index in [2.05, 4.69) is 20.8 Å². The van der Waals surface area contributed by atoms with E-state index in [0.717, 1.165) is 11.3 Å². The van der Waals surface area contributed by atoms with Gasteiger partial charge in [0.1, 0.15) is 11.7 Å². The molecule has 1 saturated carbocycles. The minimum Gasteiger partial charge on any atom is -0.478 e. The van der Waals surface area contributed by atoms with Gasteiger partial charge in [0.2, 0.25) is 5.60 Å². The molecule has 2 unspecified atom stereocenters. The standard InChI is InChI=1S/C16H19N7O9S2/c17-14-19-7(6-33-14)9(21-32-16(1-2-16)13(26)27)11(24)20-10-8(5-22-4-3-18-15(22)28)23(12(10)25)34(29,30)31/h6,8,10H,1-5H2,(H2,17,19)(H,18,28)(H,20,24)(H,26,27)(H,29,30,31)/b21-9-. The van der Waals surface area contributed by atoms with Crippen molar-refractivity contribution >= 4 is 56.3 Å². The highest BCUT2D eigenvalue weighted by Crippen LogP contribution is 2.40. The number of β-lactam (4-membered cyclic amide) rings is 1. The Morgan fingerprint density at radius 1 is 1.41 bits per heavy atom. The van der Waals surface area contributed by atoms with Crippen molar-refractivity contribution in [3.05, 3.63) is 11.1 Å². The first-order valence-electron chi connectivity index (χ1n) is 9.78. The Morgan fingerprint density at radius 3 is 2.62 bits per heavy atom. The van der Waals surface area contributed by atoms with Crippen molar-refractivity contribution in [2.45, 2.75) is 30.5 Å². The zero-order valence-corrected chi connectivity index (χ0v) is 18.8. The number of urea groups is 1. The summed E-state index contributed by atoms with van der Waals surface area (Å²) in [7, 11) is -4.97. The first kappa shape index (κ1) is 23.6. The van der Waals surface area contributed by atoms with E-state index in [1.807, 2.05) is 0 Å². The summed E-state index contributed by atoms with van der Waals surface area (Å²) in [5.41, 5.74) is 3.47. The third-order valence-electron chi connectivity index (χ3n) is 5.44. The molecule has 4 rings (SSSR count). The molecule has 3 aliphatic rings. The van der Waals surface area contributed by atoms with Crippen LogP contribution in [0.3, 0.4) is 0 Å². The molecule has 1 aromatic rings. The highest BCUT2D eigenvalue weighted by Gasteiger charge is 2.56. The third-order valence-corrected chi connectivity index (χ3v) is 7.06. The van der Waals surface area contributed by atoms with Crippen LogP contribution in [0.2, 0.25) is 0 Å². The second-order valence-electron chi connectivity index (χ2n) is 7.71. The van der Waals surface area contributed by atoms with Gasteiger partial charge in [0.05, 0.1) is 6.04 Å². The zero-order chi connectivity index (χ0) is 24.8. The first-order valence-corrected chi connectivity index (χ1v) is 12.1. The van der Waals surface area contributed by atoms with E-state index in [1.54, 1.807) is 0 Å². The summed E-state index contributed by atoms with van der Waals surface area (Å²) in [6, 6.07) is -3.25. The average Bonchev–Trinajstić information content (AvgIpc) is 3.26. The smallest absolute Gasteiger partial charge is 0.362 e. The van der Waals surface area contributed by atoms with Crippen LogP contribution >= 0.6 is 11.3 Å². The summed E-state index contributed by atoms with van der Waals surface area (Å²) >= 11 is 0.966. The molecule has 34 heavy (non-hydrogen) atoms. The maximum Gasteiger partial charge on any atom is 0.362 e. The van der Waals surface area contributed by atoms with E-state index in [9.17, 15) is 37.3 Å². The van der Waals surface area contributed by atoms with Crippen molar-refractivity contribution in [3.63, 3.8) is 0 Å². The van der Waals surface area contributed by atoms with Crippen molar-refractivity contribution in [3.8, 4) is 0 Å². The van der Waals surface area contributed by atoms with Gasteiger partial charge in [-0.15, -0.1) is 11.3 Å². The highest BCUT2D eigenvalue weighted by atomic mass is 32.2. The number of carbonyl (C=O) groups is 4. The lowest BCUT2D eigenvalue weighted by Gasteiger charge is -2.45. The fraction of sp³-hybridized carbons (Fsp3) is 0.500. The van der Waals surface area contributed by atoms with Gasteiger partial charge in [0.15, 0.2) is 10.8 Å². The van der Waals surface area contributed by atoms with Crippen molar-refractivity contribution < 1.29 is 42.1 Å². The van der Waals surface area contributed by atoms with Gasteiger partial charge in [-0.1, -0.05) is 5.16 Å². The van der Waals surface area contributed by atoms with Crippen LogP contribution < -0.4 is 16.4 Å². The van der Waals surface area contributed by atoms with Gasteiger partial charge in [0.25, 0.3) is 11.8 Å². The van der Waals surface area contributed by atoms with Crippen LogP contribution in [0.4, 0.5) is 9.93 Å². The highest BCUT2D eigenvalue weighted by molar-refractivity contribution is 7.84. The van der Waals surface area contributed by atoms with E-state index >= 15 is 0 Å². The molecule has 1 aromatic heterocycles. The number of anilines is 1. The summed E-state index contributed by atoms with van der Waals surface area (Å²) in [5.74, 6) is -3.44. The summed E-state index contributed by atoms with van der Waals surface area (Å²) < 4.78 is 32.9. The Bertz CT molecular complexity index is 1190. The van der Waals surface area contributed by atoms with Crippen LogP contribution in [0.15, 0.2) is 10.5 Å². The normalized spacial score (nSPS) is 23.9. The van der Waals surface area contributed by atoms with Crippen LogP contribution in [0.25, 0.3) is 0 Å². The molecule has 16 nitrogen and oxygen atoms in total. The molecule has 0 spiro atoms. The van der Waals surface area contributed by atoms with Gasteiger partial charge in [-0.2, -0.15) is 8.42 Å². The number of rotatable bonds is 9. The molecule has 0 aromatic carbocycles. The van der Waals surface area contributed by atoms with E-state index in [1.165, 1.54) is 10.3 Å². The Balaban J connectivity index is 1.57. The summed E-state index contributed by atoms with van der Waals surface area (Å²) in [5, 5.41) is 19.2. The zero-order valence-electron chi connectivity index (χ0n) is 17.2. The predicted molar refractivity (Wildman–Crippen MR) is 113 cm³/mol. The largest absolute Gasteiger partial charge is 0.478 e. The topological polar surface area (TPSA) is 234 Å². The van der Waals surface area contributed by atoms with Gasteiger partial charge < -0.3 is 31.2 Å². The van der Waals surface area contributed by atoms with Crippen LogP contribution in [-0.4, -0.2) is 99.1 Å². The van der Waals surface area contributed by atoms with Crippen molar-refractivity contribution in [2.24, 2.45) is 5.16 Å². The predicted octanol–water partition coefficient (Wildman–Crippen LogP) is -2.41. The number of carbonyl (C=O) groups excluding carboxylic acids is 3. The molecule has 18 heteroatoms. The number of aliphatic carboxylic acids is 1. The van der Waals surface area contributed by atoms with Gasteiger partial charge in [0, 0.05) is 37.9 Å². The lowest BCUT2D eigenvalue weighted by atomic mass is 9.97. The van der Waals surface area contributed by atoms with Crippen LogP contribution in [0.1, 0.15) is 18.5 Å². The average molecular weight is 518 g/mol. The number of nitrogens with zero attached hydrogens (tertiary/aromatic N) is 4. The molecule has 3 heterocycles. The molecule has 2 saturated heterocycles. The second kappa shape index (κ2) is 8.37.